The molecule has 2 aromatic rings. The third-order valence-corrected chi connectivity index (χ3v) is 2.96. The van der Waals surface area contributed by atoms with Crippen molar-refractivity contribution < 1.29 is 4.39 Å². The average molecular weight is 244 g/mol. The first-order valence-electron chi connectivity index (χ1n) is 6.12. The van der Waals surface area contributed by atoms with Crippen molar-refractivity contribution in [2.75, 3.05) is 6.54 Å². The molecule has 0 atom stereocenters. The van der Waals surface area contributed by atoms with E-state index in [2.05, 4.69) is 10.3 Å². The van der Waals surface area contributed by atoms with Gasteiger partial charge in [0, 0.05) is 24.5 Å². The van der Waals surface area contributed by atoms with Crippen LogP contribution in [-0.2, 0) is 6.54 Å². The highest BCUT2D eigenvalue weighted by atomic mass is 19.1. The van der Waals surface area contributed by atoms with Crippen molar-refractivity contribution in [1.82, 2.24) is 10.3 Å². The Balaban J connectivity index is 2.46. The van der Waals surface area contributed by atoms with Crippen LogP contribution in [0, 0.1) is 12.7 Å². The van der Waals surface area contributed by atoms with Crippen molar-refractivity contribution in [3.8, 4) is 11.1 Å². The van der Waals surface area contributed by atoms with Gasteiger partial charge in [0.05, 0.1) is 0 Å². The predicted molar refractivity (Wildman–Crippen MR) is 71.7 cm³/mol. The Morgan fingerprint density at radius 1 is 1.22 bits per heavy atom. The van der Waals surface area contributed by atoms with Crippen LogP contribution in [0.1, 0.15) is 18.1 Å². The summed E-state index contributed by atoms with van der Waals surface area (Å²) in [4.78, 5) is 4.15. The van der Waals surface area contributed by atoms with E-state index in [0.717, 1.165) is 28.8 Å². The first-order chi connectivity index (χ1) is 8.72. The number of halogens is 1. The maximum Gasteiger partial charge on any atom is 0.123 e. The molecule has 1 aromatic heterocycles. The van der Waals surface area contributed by atoms with E-state index in [9.17, 15) is 4.39 Å². The van der Waals surface area contributed by atoms with Crippen molar-refractivity contribution in [3.63, 3.8) is 0 Å². The van der Waals surface area contributed by atoms with Crippen LogP contribution in [0.2, 0.25) is 0 Å². The summed E-state index contributed by atoms with van der Waals surface area (Å²) in [5.41, 5.74) is 4.22. The molecule has 0 unspecified atom stereocenters. The number of hydrogen-bond acceptors (Lipinski definition) is 2. The lowest BCUT2D eigenvalue weighted by atomic mass is 9.97. The topological polar surface area (TPSA) is 24.9 Å². The molecular formula is C15H17FN2. The van der Waals surface area contributed by atoms with Gasteiger partial charge in [0.15, 0.2) is 0 Å². The predicted octanol–water partition coefficient (Wildman–Crippen LogP) is 3.31. The van der Waals surface area contributed by atoms with Gasteiger partial charge in [-0.2, -0.15) is 0 Å². The molecule has 0 saturated carbocycles. The summed E-state index contributed by atoms with van der Waals surface area (Å²) in [5, 5.41) is 3.23. The van der Waals surface area contributed by atoms with Crippen LogP contribution >= 0.6 is 0 Å². The van der Waals surface area contributed by atoms with Gasteiger partial charge in [0.25, 0.3) is 0 Å². The Hall–Kier alpha value is -1.74. The zero-order valence-corrected chi connectivity index (χ0v) is 10.7. The number of rotatable bonds is 4. The third kappa shape index (κ3) is 2.74. The van der Waals surface area contributed by atoms with Crippen LogP contribution in [0.15, 0.2) is 36.7 Å². The smallest absolute Gasteiger partial charge is 0.123 e. The third-order valence-electron chi connectivity index (χ3n) is 2.96. The molecule has 2 rings (SSSR count). The highest BCUT2D eigenvalue weighted by molar-refractivity contribution is 5.69. The lowest BCUT2D eigenvalue weighted by Gasteiger charge is -2.12. The molecule has 94 valence electrons. The highest BCUT2D eigenvalue weighted by Crippen LogP contribution is 2.26. The average Bonchev–Trinajstić information content (AvgIpc) is 2.37. The van der Waals surface area contributed by atoms with E-state index < -0.39 is 0 Å². The minimum absolute atomic E-state index is 0.201. The fourth-order valence-corrected chi connectivity index (χ4v) is 1.98. The van der Waals surface area contributed by atoms with E-state index in [4.69, 9.17) is 0 Å². The molecule has 0 amide bonds. The Morgan fingerprint density at radius 2 is 2.06 bits per heavy atom. The van der Waals surface area contributed by atoms with Gasteiger partial charge >= 0.3 is 0 Å². The minimum Gasteiger partial charge on any atom is -0.313 e. The quantitative estimate of drug-likeness (QED) is 0.892. The van der Waals surface area contributed by atoms with Gasteiger partial charge in [-0.1, -0.05) is 13.0 Å². The molecule has 1 heterocycles. The second-order valence-electron chi connectivity index (χ2n) is 4.27. The van der Waals surface area contributed by atoms with Crippen LogP contribution in [0.5, 0.6) is 0 Å². The van der Waals surface area contributed by atoms with E-state index >= 15 is 0 Å². The summed E-state index contributed by atoms with van der Waals surface area (Å²) in [6, 6.07) is 6.88. The normalized spacial score (nSPS) is 10.6. The number of hydrogen-bond donors (Lipinski definition) is 1. The molecule has 0 aliphatic carbocycles. The summed E-state index contributed by atoms with van der Waals surface area (Å²) in [6.07, 6.45) is 3.60. The zero-order chi connectivity index (χ0) is 13.0. The van der Waals surface area contributed by atoms with Gasteiger partial charge in [-0.05, 0) is 48.4 Å². The number of pyridine rings is 1. The molecule has 1 aromatic carbocycles. The SMILES string of the molecule is CCNCc1cc(F)ccc1-c1cnccc1C. The largest absolute Gasteiger partial charge is 0.313 e. The first kappa shape index (κ1) is 12.7. The molecular weight excluding hydrogens is 227 g/mol. The number of nitrogens with one attached hydrogen (secondary N) is 1. The number of benzene rings is 1. The molecule has 0 aliphatic heterocycles. The van der Waals surface area contributed by atoms with Crippen LogP contribution < -0.4 is 5.32 Å². The molecule has 18 heavy (non-hydrogen) atoms. The molecule has 0 aliphatic rings. The van der Waals surface area contributed by atoms with E-state index in [1.54, 1.807) is 12.3 Å². The summed E-state index contributed by atoms with van der Waals surface area (Å²) in [7, 11) is 0. The van der Waals surface area contributed by atoms with E-state index in [1.807, 2.05) is 32.2 Å². The Bertz CT molecular complexity index is 538. The van der Waals surface area contributed by atoms with Crippen molar-refractivity contribution in [2.45, 2.75) is 20.4 Å². The zero-order valence-electron chi connectivity index (χ0n) is 10.7. The van der Waals surface area contributed by atoms with Gasteiger partial charge in [-0.25, -0.2) is 4.39 Å². The molecule has 0 spiro atoms. The second-order valence-corrected chi connectivity index (χ2v) is 4.27. The molecule has 0 radical (unpaired) electrons. The van der Waals surface area contributed by atoms with Crippen molar-refractivity contribution in [3.05, 3.63) is 53.6 Å². The summed E-state index contributed by atoms with van der Waals surface area (Å²) in [6.45, 7) is 5.60. The molecule has 0 bridgehead atoms. The van der Waals surface area contributed by atoms with Crippen LogP contribution in [-0.4, -0.2) is 11.5 Å². The fourth-order valence-electron chi connectivity index (χ4n) is 1.98. The maximum absolute atomic E-state index is 13.3. The van der Waals surface area contributed by atoms with Crippen LogP contribution in [0.3, 0.4) is 0 Å². The summed E-state index contributed by atoms with van der Waals surface area (Å²) >= 11 is 0. The van der Waals surface area contributed by atoms with Crippen molar-refractivity contribution >= 4 is 0 Å². The molecule has 3 heteroatoms. The fraction of sp³-hybridized carbons (Fsp3) is 0.267. The standard InChI is InChI=1S/C15H17FN2/c1-3-17-9-12-8-13(16)4-5-14(12)15-10-18-7-6-11(15)2/h4-8,10,17H,3,9H2,1-2H3. The minimum atomic E-state index is -0.201. The highest BCUT2D eigenvalue weighted by Gasteiger charge is 2.08. The number of aromatic nitrogens is 1. The lowest BCUT2D eigenvalue weighted by Crippen LogP contribution is -2.12. The molecule has 1 N–H and O–H groups in total. The van der Waals surface area contributed by atoms with E-state index in [1.165, 1.54) is 6.07 Å². The molecule has 0 saturated heterocycles. The maximum atomic E-state index is 13.3. The molecule has 0 fully saturated rings. The second kappa shape index (κ2) is 5.74. The van der Waals surface area contributed by atoms with Gasteiger partial charge in [-0.3, -0.25) is 4.98 Å². The Morgan fingerprint density at radius 3 is 2.78 bits per heavy atom. The van der Waals surface area contributed by atoms with Gasteiger partial charge < -0.3 is 5.32 Å². The number of nitrogens with zero attached hydrogens (tertiary/aromatic N) is 1. The monoisotopic (exact) mass is 244 g/mol. The van der Waals surface area contributed by atoms with Crippen LogP contribution in [0.25, 0.3) is 11.1 Å². The van der Waals surface area contributed by atoms with E-state index in [0.29, 0.717) is 6.54 Å². The van der Waals surface area contributed by atoms with Crippen molar-refractivity contribution in [2.24, 2.45) is 0 Å². The van der Waals surface area contributed by atoms with Gasteiger partial charge in [0.2, 0.25) is 0 Å². The Labute approximate surface area is 107 Å². The first-order valence-corrected chi connectivity index (χ1v) is 6.12. The van der Waals surface area contributed by atoms with Crippen molar-refractivity contribution in [1.29, 1.82) is 0 Å². The summed E-state index contributed by atoms with van der Waals surface area (Å²) in [5.74, 6) is -0.201. The molecule has 2 nitrogen and oxygen atoms in total. The van der Waals surface area contributed by atoms with Gasteiger partial charge in [0.1, 0.15) is 5.82 Å². The number of aryl methyl sites for hydroxylation is 1. The van der Waals surface area contributed by atoms with E-state index in [-0.39, 0.29) is 5.82 Å². The lowest BCUT2D eigenvalue weighted by molar-refractivity contribution is 0.622. The summed E-state index contributed by atoms with van der Waals surface area (Å²) < 4.78 is 13.3. The van der Waals surface area contributed by atoms with Crippen LogP contribution in [0.4, 0.5) is 4.39 Å². The Kier molecular flexibility index (Phi) is 4.05. The van der Waals surface area contributed by atoms with Gasteiger partial charge in [-0.15, -0.1) is 0 Å².